The molecule has 28 heavy (non-hydrogen) atoms. The van der Waals surface area contributed by atoms with Gasteiger partial charge in [-0.1, -0.05) is 22.4 Å². The Kier molecular flexibility index (Phi) is 4.99. The highest BCUT2D eigenvalue weighted by Gasteiger charge is 2.50. The molecule has 0 atom stereocenters. The van der Waals surface area contributed by atoms with Crippen molar-refractivity contribution in [2.75, 3.05) is 25.1 Å². The first-order chi connectivity index (χ1) is 13.6. The second kappa shape index (κ2) is 7.59. The van der Waals surface area contributed by atoms with Gasteiger partial charge in [0.05, 0.1) is 19.1 Å². The number of hydrogen-bond acceptors (Lipinski definition) is 8. The lowest BCUT2D eigenvalue weighted by Crippen LogP contribution is -2.64. The van der Waals surface area contributed by atoms with Crippen molar-refractivity contribution >= 4 is 22.4 Å². The van der Waals surface area contributed by atoms with Gasteiger partial charge in [0.2, 0.25) is 5.91 Å². The molecular weight excluding hydrogens is 378 g/mol. The Morgan fingerprint density at radius 1 is 1.39 bits per heavy atom. The molecule has 0 spiro atoms. The number of nitrogens with zero attached hydrogens (tertiary/aromatic N) is 4. The molecule has 9 heteroatoms. The van der Waals surface area contributed by atoms with E-state index in [1.165, 1.54) is 0 Å². The number of rotatable bonds is 7. The number of aromatic nitrogens is 3. The van der Waals surface area contributed by atoms with Gasteiger partial charge in [0.25, 0.3) is 0 Å². The predicted molar refractivity (Wildman–Crippen MR) is 104 cm³/mol. The van der Waals surface area contributed by atoms with E-state index in [4.69, 9.17) is 9.37 Å². The molecule has 146 valence electrons. The fraction of sp³-hybridized carbons (Fsp3) is 0.368. The Morgan fingerprint density at radius 2 is 2.25 bits per heavy atom. The Morgan fingerprint density at radius 3 is 2.93 bits per heavy atom. The minimum Gasteiger partial charge on any atom is -0.497 e. The minimum absolute atomic E-state index is 0.00877. The van der Waals surface area contributed by atoms with Gasteiger partial charge >= 0.3 is 0 Å². The van der Waals surface area contributed by atoms with E-state index in [1.807, 2.05) is 29.6 Å². The van der Waals surface area contributed by atoms with E-state index in [9.17, 15) is 4.79 Å². The van der Waals surface area contributed by atoms with Crippen molar-refractivity contribution in [3.63, 3.8) is 0 Å². The topological polar surface area (TPSA) is 93.4 Å². The molecule has 1 amide bonds. The molecule has 3 aromatic rings. The molecule has 4 rings (SSSR count). The standard InChI is InChI=1S/C19H21N5O3S/c1-13-16(23-27-22-13)10-21-17(25)19(9-14-4-3-5-15(8-14)26-2)11-24(12-19)18-20-6-7-28-18/h3-8H,9-12H2,1-2H3,(H,21,25). The Bertz CT molecular complexity index is 950. The van der Waals surface area contributed by atoms with E-state index in [-0.39, 0.29) is 5.91 Å². The monoisotopic (exact) mass is 399 g/mol. The largest absolute Gasteiger partial charge is 0.497 e. The van der Waals surface area contributed by atoms with Gasteiger partial charge in [0, 0.05) is 24.7 Å². The number of ether oxygens (including phenoxy) is 1. The van der Waals surface area contributed by atoms with Gasteiger partial charge in [-0.25, -0.2) is 9.61 Å². The number of carbonyl (C=O) groups excluding carboxylic acids is 1. The zero-order chi connectivity index (χ0) is 19.6. The van der Waals surface area contributed by atoms with Crippen LogP contribution in [0.5, 0.6) is 5.75 Å². The summed E-state index contributed by atoms with van der Waals surface area (Å²) in [5.74, 6) is 0.777. The first-order valence-corrected chi connectivity index (χ1v) is 9.81. The van der Waals surface area contributed by atoms with Crippen LogP contribution >= 0.6 is 11.3 Å². The molecule has 1 aromatic carbocycles. The van der Waals surface area contributed by atoms with Gasteiger partial charge in [0.15, 0.2) is 5.13 Å². The number of nitrogens with one attached hydrogen (secondary N) is 1. The molecule has 0 unspecified atom stereocenters. The normalized spacial score (nSPS) is 15.1. The molecule has 1 aliphatic heterocycles. The molecule has 0 radical (unpaired) electrons. The number of carbonyl (C=O) groups is 1. The van der Waals surface area contributed by atoms with Gasteiger partial charge in [-0.05, 0) is 31.0 Å². The average Bonchev–Trinajstić information content (AvgIpc) is 3.34. The fourth-order valence-corrected chi connectivity index (χ4v) is 4.11. The van der Waals surface area contributed by atoms with Crippen molar-refractivity contribution in [1.82, 2.24) is 20.6 Å². The molecule has 0 saturated carbocycles. The molecule has 3 heterocycles. The van der Waals surface area contributed by atoms with Crippen molar-refractivity contribution in [3.8, 4) is 5.75 Å². The first-order valence-electron chi connectivity index (χ1n) is 8.93. The Labute approximate surface area is 166 Å². The summed E-state index contributed by atoms with van der Waals surface area (Å²) in [5.41, 5.74) is 1.84. The number of thiazole rings is 1. The minimum atomic E-state index is -0.539. The third kappa shape index (κ3) is 3.57. The van der Waals surface area contributed by atoms with Crippen LogP contribution in [0.4, 0.5) is 5.13 Å². The molecule has 1 fully saturated rings. The number of methoxy groups -OCH3 is 1. The van der Waals surface area contributed by atoms with E-state index in [2.05, 4.69) is 25.5 Å². The molecule has 0 aliphatic carbocycles. The van der Waals surface area contributed by atoms with Crippen LogP contribution in [0.3, 0.4) is 0 Å². The zero-order valence-corrected chi connectivity index (χ0v) is 16.5. The summed E-state index contributed by atoms with van der Waals surface area (Å²) < 4.78 is 10.0. The molecule has 1 N–H and O–H groups in total. The lowest BCUT2D eigenvalue weighted by atomic mass is 9.74. The second-order valence-corrected chi connectivity index (χ2v) is 7.83. The van der Waals surface area contributed by atoms with Crippen LogP contribution in [-0.4, -0.2) is 41.4 Å². The quantitative estimate of drug-likeness (QED) is 0.651. The van der Waals surface area contributed by atoms with E-state index in [0.717, 1.165) is 16.4 Å². The van der Waals surface area contributed by atoms with Crippen molar-refractivity contribution in [3.05, 3.63) is 52.8 Å². The number of anilines is 1. The Hall–Kier alpha value is -2.94. The van der Waals surface area contributed by atoms with E-state index >= 15 is 0 Å². The van der Waals surface area contributed by atoms with Crippen LogP contribution in [0, 0.1) is 12.3 Å². The number of amides is 1. The zero-order valence-electron chi connectivity index (χ0n) is 15.7. The van der Waals surface area contributed by atoms with Crippen LogP contribution in [0.1, 0.15) is 17.0 Å². The van der Waals surface area contributed by atoms with Crippen LogP contribution in [0.25, 0.3) is 0 Å². The Balaban J connectivity index is 1.51. The highest BCUT2D eigenvalue weighted by molar-refractivity contribution is 7.13. The van der Waals surface area contributed by atoms with Crippen molar-refractivity contribution < 1.29 is 14.2 Å². The van der Waals surface area contributed by atoms with Crippen LogP contribution in [0.15, 0.2) is 40.5 Å². The van der Waals surface area contributed by atoms with Gasteiger partial charge in [0.1, 0.15) is 17.1 Å². The third-order valence-corrected chi connectivity index (χ3v) is 5.83. The maximum atomic E-state index is 13.2. The predicted octanol–water partition coefficient (Wildman–Crippen LogP) is 2.21. The van der Waals surface area contributed by atoms with Crippen LogP contribution in [0.2, 0.25) is 0 Å². The smallest absolute Gasteiger partial charge is 0.230 e. The fourth-order valence-electron chi connectivity index (χ4n) is 3.46. The summed E-state index contributed by atoms with van der Waals surface area (Å²) in [6.07, 6.45) is 2.40. The maximum absolute atomic E-state index is 13.2. The summed E-state index contributed by atoms with van der Waals surface area (Å²) in [5, 5.41) is 13.5. The van der Waals surface area contributed by atoms with Crippen molar-refractivity contribution in [1.29, 1.82) is 0 Å². The maximum Gasteiger partial charge on any atom is 0.230 e. The number of hydrogen-bond donors (Lipinski definition) is 1. The van der Waals surface area contributed by atoms with Gasteiger partial charge < -0.3 is 15.0 Å². The summed E-state index contributed by atoms with van der Waals surface area (Å²) >= 11 is 1.58. The van der Waals surface area contributed by atoms with Crippen molar-refractivity contribution in [2.45, 2.75) is 19.9 Å². The van der Waals surface area contributed by atoms with Gasteiger partial charge in [-0.3, -0.25) is 4.79 Å². The van der Waals surface area contributed by atoms with E-state index in [1.54, 1.807) is 31.6 Å². The van der Waals surface area contributed by atoms with Crippen molar-refractivity contribution in [2.24, 2.45) is 5.41 Å². The van der Waals surface area contributed by atoms with Crippen LogP contribution < -0.4 is 15.0 Å². The highest BCUT2D eigenvalue weighted by Crippen LogP contribution is 2.39. The molecule has 8 nitrogen and oxygen atoms in total. The summed E-state index contributed by atoms with van der Waals surface area (Å²) in [6.45, 7) is 3.32. The third-order valence-electron chi connectivity index (χ3n) is 5.00. The molecule has 1 saturated heterocycles. The van der Waals surface area contributed by atoms with Gasteiger partial charge in [-0.2, -0.15) is 0 Å². The molecule has 2 aromatic heterocycles. The molecular formula is C19H21N5O3S. The van der Waals surface area contributed by atoms with E-state index < -0.39 is 5.41 Å². The highest BCUT2D eigenvalue weighted by atomic mass is 32.1. The molecule has 1 aliphatic rings. The van der Waals surface area contributed by atoms with Crippen LogP contribution in [-0.2, 0) is 17.8 Å². The number of aryl methyl sites for hydroxylation is 1. The summed E-state index contributed by atoms with van der Waals surface area (Å²) in [6, 6.07) is 7.85. The first kappa shape index (κ1) is 18.4. The lowest BCUT2D eigenvalue weighted by molar-refractivity contribution is -0.132. The average molecular weight is 399 g/mol. The summed E-state index contributed by atoms with van der Waals surface area (Å²) in [4.78, 5) is 19.7. The lowest BCUT2D eigenvalue weighted by Gasteiger charge is -2.49. The SMILES string of the molecule is COc1cccc(CC2(C(=O)NCc3nonc3C)CN(c3nccs3)C2)c1. The molecule has 0 bridgehead atoms. The second-order valence-electron chi connectivity index (χ2n) is 6.96. The van der Waals surface area contributed by atoms with Gasteiger partial charge in [-0.15, -0.1) is 11.3 Å². The van der Waals surface area contributed by atoms with E-state index in [0.29, 0.717) is 37.4 Å². The number of benzene rings is 1. The summed E-state index contributed by atoms with van der Waals surface area (Å²) in [7, 11) is 1.64.